The molecule has 15 heavy (non-hydrogen) atoms. The molecule has 3 heteroatoms. The van der Waals surface area contributed by atoms with E-state index in [9.17, 15) is 4.79 Å². The summed E-state index contributed by atoms with van der Waals surface area (Å²) < 4.78 is 4.66. The van der Waals surface area contributed by atoms with Gasteiger partial charge < -0.3 is 9.72 Å². The topological polar surface area (TPSA) is 42.1 Å². The lowest BCUT2D eigenvalue weighted by atomic mass is 10.2. The molecule has 2 rings (SSSR count). The van der Waals surface area contributed by atoms with Crippen LogP contribution in [0.2, 0.25) is 0 Å². The summed E-state index contributed by atoms with van der Waals surface area (Å²) in [5.41, 5.74) is 3.04. The van der Waals surface area contributed by atoms with Gasteiger partial charge in [-0.2, -0.15) is 0 Å². The van der Waals surface area contributed by atoms with Crippen molar-refractivity contribution in [2.45, 2.75) is 6.61 Å². The highest BCUT2D eigenvalue weighted by molar-refractivity contribution is 5.59. The third-order valence-corrected chi connectivity index (χ3v) is 2.14. The fourth-order valence-electron chi connectivity index (χ4n) is 1.43. The van der Waals surface area contributed by atoms with Crippen molar-refractivity contribution in [3.05, 3.63) is 48.2 Å². The zero-order valence-electron chi connectivity index (χ0n) is 8.14. The van der Waals surface area contributed by atoms with Gasteiger partial charge in [-0.3, -0.25) is 4.79 Å². The monoisotopic (exact) mass is 201 g/mol. The molecular formula is C12H11NO2. The summed E-state index contributed by atoms with van der Waals surface area (Å²) >= 11 is 0. The quantitative estimate of drug-likeness (QED) is 0.771. The molecule has 1 aromatic carbocycles. The highest BCUT2D eigenvalue weighted by Gasteiger charge is 2.00. The summed E-state index contributed by atoms with van der Waals surface area (Å²) in [4.78, 5) is 13.2. The number of carbonyl (C=O) groups excluding carboxylic acids is 1. The van der Waals surface area contributed by atoms with Crippen LogP contribution in [0.1, 0.15) is 5.69 Å². The van der Waals surface area contributed by atoms with Crippen LogP contribution >= 0.6 is 0 Å². The van der Waals surface area contributed by atoms with Gasteiger partial charge in [0.05, 0.1) is 5.69 Å². The van der Waals surface area contributed by atoms with Gasteiger partial charge in [0.15, 0.2) is 0 Å². The molecular weight excluding hydrogens is 190 g/mol. The first-order valence-corrected chi connectivity index (χ1v) is 4.69. The number of ether oxygens (including phenoxy) is 1. The fraction of sp³-hybridized carbons (Fsp3) is 0.0833. The van der Waals surface area contributed by atoms with Crippen LogP contribution in [-0.2, 0) is 16.1 Å². The van der Waals surface area contributed by atoms with Crippen LogP contribution in [-0.4, -0.2) is 11.5 Å². The molecule has 0 saturated carbocycles. The molecule has 1 heterocycles. The van der Waals surface area contributed by atoms with E-state index in [1.54, 1.807) is 0 Å². The minimum atomic E-state index is 0.288. The number of benzene rings is 1. The van der Waals surface area contributed by atoms with Crippen LogP contribution in [0.15, 0.2) is 42.5 Å². The molecule has 0 spiro atoms. The number of aromatic amines is 1. The Morgan fingerprint density at radius 1 is 1.13 bits per heavy atom. The molecule has 0 bridgehead atoms. The number of hydrogen-bond acceptors (Lipinski definition) is 2. The molecule has 0 aliphatic carbocycles. The molecule has 0 atom stereocenters. The van der Waals surface area contributed by atoms with Crippen LogP contribution in [0, 0.1) is 0 Å². The number of carbonyl (C=O) groups is 1. The second kappa shape index (κ2) is 4.46. The smallest absolute Gasteiger partial charge is 0.293 e. The van der Waals surface area contributed by atoms with Gasteiger partial charge in [-0.1, -0.05) is 30.3 Å². The zero-order chi connectivity index (χ0) is 10.5. The van der Waals surface area contributed by atoms with Gasteiger partial charge >= 0.3 is 0 Å². The normalized spacial score (nSPS) is 9.87. The maximum absolute atomic E-state index is 10.0. The molecule has 0 radical (unpaired) electrons. The third-order valence-electron chi connectivity index (χ3n) is 2.14. The van der Waals surface area contributed by atoms with Crippen molar-refractivity contribution in [2.24, 2.45) is 0 Å². The van der Waals surface area contributed by atoms with Crippen molar-refractivity contribution < 1.29 is 9.53 Å². The van der Waals surface area contributed by atoms with Gasteiger partial charge in [-0.25, -0.2) is 0 Å². The number of aromatic nitrogens is 1. The maximum atomic E-state index is 10.0. The molecule has 0 aliphatic heterocycles. The first-order chi connectivity index (χ1) is 7.40. The lowest BCUT2D eigenvalue weighted by molar-refractivity contribution is -0.129. The average Bonchev–Trinajstić information content (AvgIpc) is 2.76. The largest absolute Gasteiger partial charge is 0.461 e. The molecule has 1 N–H and O–H groups in total. The predicted molar refractivity (Wildman–Crippen MR) is 57.1 cm³/mol. The minimum absolute atomic E-state index is 0.288. The predicted octanol–water partition coefficient (Wildman–Crippen LogP) is 2.35. The fourth-order valence-corrected chi connectivity index (χ4v) is 1.43. The second-order valence-electron chi connectivity index (χ2n) is 3.17. The van der Waals surface area contributed by atoms with Crippen LogP contribution < -0.4 is 0 Å². The Bertz CT molecular complexity index is 434. The van der Waals surface area contributed by atoms with Crippen LogP contribution in [0.25, 0.3) is 11.3 Å². The van der Waals surface area contributed by atoms with Gasteiger partial charge in [0.1, 0.15) is 6.61 Å². The molecule has 0 fully saturated rings. The molecule has 0 amide bonds. The lowest BCUT2D eigenvalue weighted by Gasteiger charge is -1.97. The van der Waals surface area contributed by atoms with Crippen LogP contribution in [0.3, 0.4) is 0 Å². The highest BCUT2D eigenvalue weighted by Crippen LogP contribution is 2.17. The van der Waals surface area contributed by atoms with E-state index in [0.717, 1.165) is 17.0 Å². The van der Waals surface area contributed by atoms with Crippen molar-refractivity contribution in [1.82, 2.24) is 4.98 Å². The first-order valence-electron chi connectivity index (χ1n) is 4.69. The van der Waals surface area contributed by atoms with Crippen molar-refractivity contribution in [1.29, 1.82) is 0 Å². The second-order valence-corrected chi connectivity index (χ2v) is 3.17. The standard InChI is InChI=1S/C12H11NO2/c14-9-15-8-11-6-7-12(13-11)10-4-2-1-3-5-10/h1-7,9,13H,8H2. The van der Waals surface area contributed by atoms with Gasteiger partial charge in [0.2, 0.25) is 0 Å². The Hall–Kier alpha value is -2.03. The van der Waals surface area contributed by atoms with E-state index >= 15 is 0 Å². The number of nitrogens with one attached hydrogen (secondary N) is 1. The van der Waals surface area contributed by atoms with Gasteiger partial charge in [0, 0.05) is 5.69 Å². The molecule has 3 nitrogen and oxygen atoms in total. The van der Waals surface area contributed by atoms with Crippen molar-refractivity contribution in [3.63, 3.8) is 0 Å². The Morgan fingerprint density at radius 2 is 1.93 bits per heavy atom. The summed E-state index contributed by atoms with van der Waals surface area (Å²) in [7, 11) is 0. The van der Waals surface area contributed by atoms with Crippen LogP contribution in [0.5, 0.6) is 0 Å². The summed E-state index contributed by atoms with van der Waals surface area (Å²) in [6.07, 6.45) is 0. The summed E-state index contributed by atoms with van der Waals surface area (Å²) in [6.45, 7) is 0.735. The van der Waals surface area contributed by atoms with Gasteiger partial charge in [-0.15, -0.1) is 0 Å². The van der Waals surface area contributed by atoms with E-state index < -0.39 is 0 Å². The molecule has 0 unspecified atom stereocenters. The maximum Gasteiger partial charge on any atom is 0.293 e. The molecule has 1 aromatic heterocycles. The third kappa shape index (κ3) is 2.26. The number of rotatable bonds is 4. The minimum Gasteiger partial charge on any atom is -0.461 e. The van der Waals surface area contributed by atoms with Crippen molar-refractivity contribution in [3.8, 4) is 11.3 Å². The Kier molecular flexibility index (Phi) is 2.83. The lowest BCUT2D eigenvalue weighted by Crippen LogP contribution is -1.89. The SMILES string of the molecule is O=COCc1ccc(-c2ccccc2)[nH]1. The molecule has 2 aromatic rings. The Morgan fingerprint density at radius 3 is 2.67 bits per heavy atom. The van der Waals surface area contributed by atoms with Gasteiger partial charge in [-0.05, 0) is 17.7 Å². The van der Waals surface area contributed by atoms with Crippen molar-refractivity contribution >= 4 is 6.47 Å². The van der Waals surface area contributed by atoms with Crippen LogP contribution in [0.4, 0.5) is 0 Å². The number of H-pyrrole nitrogens is 1. The zero-order valence-corrected chi connectivity index (χ0v) is 8.14. The van der Waals surface area contributed by atoms with Gasteiger partial charge in [0.25, 0.3) is 6.47 Å². The van der Waals surface area contributed by atoms with E-state index in [2.05, 4.69) is 9.72 Å². The average molecular weight is 201 g/mol. The van der Waals surface area contributed by atoms with E-state index in [0.29, 0.717) is 6.47 Å². The highest BCUT2D eigenvalue weighted by atomic mass is 16.5. The molecule has 0 aliphatic rings. The molecule has 76 valence electrons. The molecule has 0 saturated heterocycles. The van der Waals surface area contributed by atoms with E-state index in [-0.39, 0.29) is 6.61 Å². The van der Waals surface area contributed by atoms with Crippen molar-refractivity contribution in [2.75, 3.05) is 0 Å². The van der Waals surface area contributed by atoms with E-state index in [4.69, 9.17) is 0 Å². The number of hydrogen-bond donors (Lipinski definition) is 1. The Balaban J connectivity index is 2.17. The summed E-state index contributed by atoms with van der Waals surface area (Å²) in [5, 5.41) is 0. The van der Waals surface area contributed by atoms with E-state index in [1.165, 1.54) is 0 Å². The first kappa shape index (κ1) is 9.52. The summed E-state index contributed by atoms with van der Waals surface area (Å²) in [5.74, 6) is 0. The van der Waals surface area contributed by atoms with E-state index in [1.807, 2.05) is 42.5 Å². The summed E-state index contributed by atoms with van der Waals surface area (Å²) in [6, 6.07) is 13.9. The Labute approximate surface area is 87.7 Å².